The molecule has 18 heavy (non-hydrogen) atoms. The topological polar surface area (TPSA) is 39.7 Å². The van der Waals surface area contributed by atoms with Gasteiger partial charge in [0.05, 0.1) is 0 Å². The molecule has 4 nitrogen and oxygen atoms in total. The fourth-order valence-corrected chi connectivity index (χ4v) is 2.35. The van der Waals surface area contributed by atoms with E-state index in [-0.39, 0.29) is 0 Å². The summed E-state index contributed by atoms with van der Waals surface area (Å²) in [5, 5.41) is 6.78. The number of aliphatic imine (C=N–C) groups is 1. The van der Waals surface area contributed by atoms with Crippen molar-refractivity contribution in [2.45, 2.75) is 46.1 Å². The Morgan fingerprint density at radius 1 is 1.50 bits per heavy atom. The quantitative estimate of drug-likeness (QED) is 0.579. The van der Waals surface area contributed by atoms with Crippen molar-refractivity contribution in [3.63, 3.8) is 0 Å². The second-order valence-electron chi connectivity index (χ2n) is 5.50. The van der Waals surface area contributed by atoms with Gasteiger partial charge >= 0.3 is 0 Å². The summed E-state index contributed by atoms with van der Waals surface area (Å²) in [5.41, 5.74) is 0. The third kappa shape index (κ3) is 5.71. The first-order valence-electron chi connectivity index (χ1n) is 7.35. The van der Waals surface area contributed by atoms with Crippen LogP contribution in [0.2, 0.25) is 0 Å². The van der Waals surface area contributed by atoms with E-state index in [1.54, 1.807) is 0 Å². The monoisotopic (exact) mass is 254 g/mol. The van der Waals surface area contributed by atoms with E-state index in [1.807, 2.05) is 7.05 Å². The normalized spacial score (nSPS) is 23.8. The highest BCUT2D eigenvalue weighted by Gasteiger charge is 2.15. The van der Waals surface area contributed by atoms with Crippen molar-refractivity contribution in [1.82, 2.24) is 15.5 Å². The van der Waals surface area contributed by atoms with Crippen LogP contribution in [-0.4, -0.2) is 50.1 Å². The van der Waals surface area contributed by atoms with Gasteiger partial charge in [0, 0.05) is 32.7 Å². The van der Waals surface area contributed by atoms with Gasteiger partial charge in [0.2, 0.25) is 0 Å². The lowest BCUT2D eigenvalue weighted by Crippen LogP contribution is -2.45. The molecular formula is C14H30N4. The van der Waals surface area contributed by atoms with Crippen LogP contribution in [0.15, 0.2) is 4.99 Å². The summed E-state index contributed by atoms with van der Waals surface area (Å²) in [6, 6.07) is 0.478. The Morgan fingerprint density at radius 2 is 2.28 bits per heavy atom. The predicted octanol–water partition coefficient (Wildman–Crippen LogP) is 1.68. The van der Waals surface area contributed by atoms with E-state index in [1.165, 1.54) is 25.9 Å². The van der Waals surface area contributed by atoms with Crippen LogP contribution in [0.25, 0.3) is 0 Å². The van der Waals surface area contributed by atoms with E-state index < -0.39 is 0 Å². The lowest BCUT2D eigenvalue weighted by Gasteiger charge is -2.31. The number of piperidine rings is 1. The van der Waals surface area contributed by atoms with Gasteiger partial charge in [-0.3, -0.25) is 4.99 Å². The highest BCUT2D eigenvalue weighted by atomic mass is 15.2. The van der Waals surface area contributed by atoms with Crippen LogP contribution < -0.4 is 10.6 Å². The van der Waals surface area contributed by atoms with Gasteiger partial charge in [-0.1, -0.05) is 13.8 Å². The van der Waals surface area contributed by atoms with Gasteiger partial charge in [0.15, 0.2) is 5.96 Å². The summed E-state index contributed by atoms with van der Waals surface area (Å²) in [6.45, 7) is 11.3. The van der Waals surface area contributed by atoms with Gasteiger partial charge in [-0.25, -0.2) is 0 Å². The molecule has 0 amide bonds. The molecule has 2 N–H and O–H groups in total. The van der Waals surface area contributed by atoms with Gasteiger partial charge < -0.3 is 15.5 Å². The van der Waals surface area contributed by atoms with E-state index in [0.29, 0.717) is 6.04 Å². The van der Waals surface area contributed by atoms with Crippen LogP contribution in [0.3, 0.4) is 0 Å². The first-order chi connectivity index (χ1) is 8.65. The minimum Gasteiger partial charge on any atom is -0.355 e. The molecule has 1 heterocycles. The van der Waals surface area contributed by atoms with Crippen molar-refractivity contribution >= 4 is 5.96 Å². The van der Waals surface area contributed by atoms with E-state index in [2.05, 4.69) is 41.3 Å². The van der Waals surface area contributed by atoms with Crippen LogP contribution in [0.1, 0.15) is 40.0 Å². The molecule has 1 aliphatic rings. The van der Waals surface area contributed by atoms with Crippen LogP contribution >= 0.6 is 0 Å². The van der Waals surface area contributed by atoms with Gasteiger partial charge in [-0.05, 0) is 38.6 Å². The molecule has 0 saturated carbocycles. The molecule has 1 saturated heterocycles. The number of likely N-dealkylation sites (tertiary alicyclic amines) is 1. The Labute approximate surface area is 112 Å². The molecule has 1 rings (SSSR count). The van der Waals surface area contributed by atoms with E-state index >= 15 is 0 Å². The Kier molecular flexibility index (Phi) is 7.09. The molecular weight excluding hydrogens is 224 g/mol. The minimum atomic E-state index is 0.478. The fraction of sp³-hybridized carbons (Fsp3) is 0.929. The molecule has 4 heteroatoms. The van der Waals surface area contributed by atoms with Gasteiger partial charge in [0.25, 0.3) is 0 Å². The third-order valence-corrected chi connectivity index (χ3v) is 3.68. The van der Waals surface area contributed by atoms with Crippen LogP contribution in [-0.2, 0) is 0 Å². The molecule has 0 aromatic carbocycles. The van der Waals surface area contributed by atoms with Crippen LogP contribution in [0.4, 0.5) is 0 Å². The van der Waals surface area contributed by atoms with Crippen molar-refractivity contribution < 1.29 is 0 Å². The van der Waals surface area contributed by atoms with Crippen molar-refractivity contribution in [2.24, 2.45) is 10.9 Å². The first-order valence-corrected chi connectivity index (χ1v) is 7.35. The summed E-state index contributed by atoms with van der Waals surface area (Å²) >= 11 is 0. The van der Waals surface area contributed by atoms with Gasteiger partial charge in [-0.15, -0.1) is 0 Å². The maximum Gasteiger partial charge on any atom is 0.191 e. The zero-order valence-corrected chi connectivity index (χ0v) is 12.5. The van der Waals surface area contributed by atoms with Crippen LogP contribution in [0.5, 0.6) is 0 Å². The number of hydrogen-bond acceptors (Lipinski definition) is 2. The molecule has 0 spiro atoms. The summed E-state index contributed by atoms with van der Waals surface area (Å²) < 4.78 is 0. The number of nitrogens with one attached hydrogen (secondary N) is 2. The number of guanidine groups is 1. The van der Waals surface area contributed by atoms with E-state index in [0.717, 1.165) is 31.4 Å². The number of nitrogens with zero attached hydrogens (tertiary/aromatic N) is 2. The Hall–Kier alpha value is -0.770. The maximum absolute atomic E-state index is 4.25. The summed E-state index contributed by atoms with van der Waals surface area (Å²) in [6.07, 6.45) is 3.85. The van der Waals surface area contributed by atoms with Crippen molar-refractivity contribution in [3.8, 4) is 0 Å². The SMILES string of the molecule is CCC(C)NC(=NC)NCCN1CCCC(C)C1. The Bertz CT molecular complexity index is 252. The Morgan fingerprint density at radius 3 is 2.89 bits per heavy atom. The summed E-state index contributed by atoms with van der Waals surface area (Å²) in [4.78, 5) is 6.80. The zero-order chi connectivity index (χ0) is 13.4. The average molecular weight is 254 g/mol. The standard InChI is InChI=1S/C14H30N4/c1-5-13(3)17-14(15-4)16-8-10-18-9-6-7-12(2)11-18/h12-13H,5-11H2,1-4H3,(H2,15,16,17). The minimum absolute atomic E-state index is 0.478. The van der Waals surface area contributed by atoms with Gasteiger partial charge in [0.1, 0.15) is 0 Å². The molecule has 106 valence electrons. The molecule has 0 aliphatic carbocycles. The molecule has 2 unspecified atom stereocenters. The first kappa shape index (κ1) is 15.3. The largest absolute Gasteiger partial charge is 0.355 e. The highest BCUT2D eigenvalue weighted by molar-refractivity contribution is 5.79. The van der Waals surface area contributed by atoms with Crippen molar-refractivity contribution in [2.75, 3.05) is 33.2 Å². The second-order valence-corrected chi connectivity index (χ2v) is 5.50. The lowest BCUT2D eigenvalue weighted by molar-refractivity contribution is 0.187. The average Bonchev–Trinajstić information content (AvgIpc) is 2.37. The molecule has 0 radical (unpaired) electrons. The zero-order valence-electron chi connectivity index (χ0n) is 12.5. The fourth-order valence-electron chi connectivity index (χ4n) is 2.35. The summed E-state index contributed by atoms with van der Waals surface area (Å²) in [5.74, 6) is 1.78. The lowest BCUT2D eigenvalue weighted by atomic mass is 10.0. The van der Waals surface area contributed by atoms with Gasteiger partial charge in [-0.2, -0.15) is 0 Å². The maximum atomic E-state index is 4.25. The molecule has 0 aromatic heterocycles. The number of rotatable bonds is 5. The molecule has 2 atom stereocenters. The Balaban J connectivity index is 2.19. The third-order valence-electron chi connectivity index (χ3n) is 3.68. The molecule has 0 aromatic rings. The molecule has 1 fully saturated rings. The highest BCUT2D eigenvalue weighted by Crippen LogP contribution is 2.14. The van der Waals surface area contributed by atoms with E-state index in [9.17, 15) is 0 Å². The van der Waals surface area contributed by atoms with Crippen LogP contribution in [0, 0.1) is 5.92 Å². The predicted molar refractivity (Wildman–Crippen MR) is 79.1 cm³/mol. The van der Waals surface area contributed by atoms with Crippen molar-refractivity contribution in [3.05, 3.63) is 0 Å². The van der Waals surface area contributed by atoms with Crippen molar-refractivity contribution in [1.29, 1.82) is 0 Å². The second kappa shape index (κ2) is 8.35. The molecule has 1 aliphatic heterocycles. The summed E-state index contributed by atoms with van der Waals surface area (Å²) in [7, 11) is 1.83. The number of hydrogen-bond donors (Lipinski definition) is 2. The molecule has 0 bridgehead atoms. The van der Waals surface area contributed by atoms with E-state index in [4.69, 9.17) is 0 Å². The smallest absolute Gasteiger partial charge is 0.191 e.